The second-order valence-corrected chi connectivity index (χ2v) is 10.4. The van der Waals surface area contributed by atoms with E-state index in [9.17, 15) is 0 Å². The summed E-state index contributed by atoms with van der Waals surface area (Å²) in [6, 6.07) is 13.2. The van der Waals surface area contributed by atoms with E-state index in [4.69, 9.17) is 0 Å². The molecule has 3 heterocycles. The second kappa shape index (κ2) is 8.15. The van der Waals surface area contributed by atoms with Crippen molar-refractivity contribution in [3.63, 3.8) is 0 Å². The quantitative estimate of drug-likeness (QED) is 0.306. The van der Waals surface area contributed by atoms with Gasteiger partial charge in [-0.2, -0.15) is 0 Å². The molecular weight excluding hydrogens is 454 g/mol. The Balaban J connectivity index is 1.94. The summed E-state index contributed by atoms with van der Waals surface area (Å²) >= 11 is 10.8. The van der Waals surface area contributed by atoms with Gasteiger partial charge in [-0.25, -0.2) is 0 Å². The van der Waals surface area contributed by atoms with E-state index in [1.165, 1.54) is 54.4 Å². The number of hydrogen-bond acceptors (Lipinski definition) is 2. The summed E-state index contributed by atoms with van der Waals surface area (Å²) in [5, 5.41) is 0. The van der Waals surface area contributed by atoms with Crippen LogP contribution in [0.2, 0.25) is 0 Å². The van der Waals surface area contributed by atoms with E-state index < -0.39 is 0 Å². The van der Waals surface area contributed by atoms with Crippen molar-refractivity contribution < 1.29 is 0 Å². The number of thiophene rings is 2. The van der Waals surface area contributed by atoms with Crippen molar-refractivity contribution in [3.8, 4) is 21.1 Å². The molecule has 0 bridgehead atoms. The van der Waals surface area contributed by atoms with Crippen molar-refractivity contribution >= 4 is 54.5 Å². The SMILES string of the molecule is CCCCCCn1c(-c2ccc(Br)s2)ccc1-c1ccc(Br)s1. The third-order valence-corrected chi connectivity index (χ3v) is 7.16. The number of aromatic nitrogens is 1. The molecule has 0 spiro atoms. The van der Waals surface area contributed by atoms with E-state index in [1.807, 2.05) is 0 Å². The zero-order valence-corrected chi connectivity index (χ0v) is 17.8. The summed E-state index contributed by atoms with van der Waals surface area (Å²) in [5.41, 5.74) is 2.66. The average molecular weight is 473 g/mol. The van der Waals surface area contributed by atoms with Crippen LogP contribution in [0.15, 0.2) is 44.0 Å². The Morgan fingerprint density at radius 2 is 1.35 bits per heavy atom. The molecule has 0 amide bonds. The first kappa shape index (κ1) is 17.5. The van der Waals surface area contributed by atoms with Crippen LogP contribution in [-0.2, 0) is 6.54 Å². The molecule has 122 valence electrons. The molecule has 0 aliphatic heterocycles. The molecule has 0 atom stereocenters. The first-order valence-electron chi connectivity index (χ1n) is 7.90. The van der Waals surface area contributed by atoms with Crippen LogP contribution in [0.1, 0.15) is 32.6 Å². The Morgan fingerprint density at radius 1 is 0.783 bits per heavy atom. The fourth-order valence-corrected chi connectivity index (χ4v) is 5.58. The Labute approximate surface area is 162 Å². The molecule has 0 aliphatic carbocycles. The van der Waals surface area contributed by atoms with Gasteiger partial charge in [0, 0.05) is 6.54 Å². The highest BCUT2D eigenvalue weighted by atomic mass is 79.9. The molecule has 1 nitrogen and oxygen atoms in total. The van der Waals surface area contributed by atoms with Gasteiger partial charge in [-0.1, -0.05) is 26.2 Å². The van der Waals surface area contributed by atoms with Crippen LogP contribution in [0.3, 0.4) is 0 Å². The molecule has 3 aromatic rings. The lowest BCUT2D eigenvalue weighted by molar-refractivity contribution is 0.591. The average Bonchev–Trinajstić information content (AvgIpc) is 3.23. The Kier molecular flexibility index (Phi) is 6.19. The topological polar surface area (TPSA) is 4.93 Å². The first-order chi connectivity index (χ1) is 11.2. The zero-order chi connectivity index (χ0) is 16.2. The van der Waals surface area contributed by atoms with Crippen LogP contribution in [0.5, 0.6) is 0 Å². The molecule has 0 fully saturated rings. The molecule has 0 saturated heterocycles. The summed E-state index contributed by atoms with van der Waals surface area (Å²) < 4.78 is 4.87. The standard InChI is InChI=1S/C18H19Br2NS2/c1-2-3-4-5-12-21-13(15-8-10-17(19)22-15)6-7-14(21)16-9-11-18(20)23-16/h6-11H,2-5,12H2,1H3. The summed E-state index contributed by atoms with van der Waals surface area (Å²) in [7, 11) is 0. The Morgan fingerprint density at radius 3 is 1.78 bits per heavy atom. The Bertz CT molecular complexity index is 712. The highest BCUT2D eigenvalue weighted by Gasteiger charge is 2.14. The van der Waals surface area contributed by atoms with Gasteiger partial charge >= 0.3 is 0 Å². The fraction of sp³-hybridized carbons (Fsp3) is 0.333. The monoisotopic (exact) mass is 471 g/mol. The molecular formula is C18H19Br2NS2. The largest absolute Gasteiger partial charge is 0.339 e. The van der Waals surface area contributed by atoms with Crippen LogP contribution in [0.25, 0.3) is 21.1 Å². The van der Waals surface area contributed by atoms with E-state index in [2.05, 4.69) is 79.7 Å². The molecule has 23 heavy (non-hydrogen) atoms. The molecule has 3 aromatic heterocycles. The summed E-state index contributed by atoms with van der Waals surface area (Å²) in [6.07, 6.45) is 5.14. The molecule has 3 rings (SSSR count). The minimum Gasteiger partial charge on any atom is -0.339 e. The summed E-state index contributed by atoms with van der Waals surface area (Å²) in [6.45, 7) is 3.35. The maximum absolute atomic E-state index is 3.59. The van der Waals surface area contributed by atoms with Crippen LogP contribution >= 0.6 is 54.5 Å². The predicted molar refractivity (Wildman–Crippen MR) is 111 cm³/mol. The van der Waals surface area contributed by atoms with E-state index >= 15 is 0 Å². The number of rotatable bonds is 7. The van der Waals surface area contributed by atoms with Gasteiger partial charge in [-0.3, -0.25) is 0 Å². The molecule has 0 unspecified atom stereocenters. The molecule has 0 aliphatic rings. The molecule has 5 heteroatoms. The lowest BCUT2D eigenvalue weighted by Gasteiger charge is -2.12. The zero-order valence-electron chi connectivity index (χ0n) is 13.0. The van der Waals surface area contributed by atoms with Gasteiger partial charge in [-0.05, 0) is 74.7 Å². The van der Waals surface area contributed by atoms with Gasteiger partial charge in [0.15, 0.2) is 0 Å². The third-order valence-electron chi connectivity index (χ3n) is 3.87. The fourth-order valence-electron chi connectivity index (χ4n) is 2.74. The van der Waals surface area contributed by atoms with Crippen molar-refractivity contribution in [2.24, 2.45) is 0 Å². The number of hydrogen-bond donors (Lipinski definition) is 0. The van der Waals surface area contributed by atoms with Crippen molar-refractivity contribution in [1.82, 2.24) is 4.57 Å². The Hall–Kier alpha value is -0.360. The number of halogens is 2. The van der Waals surface area contributed by atoms with Crippen molar-refractivity contribution in [2.45, 2.75) is 39.2 Å². The van der Waals surface area contributed by atoms with Crippen LogP contribution in [0.4, 0.5) is 0 Å². The minimum atomic E-state index is 1.09. The van der Waals surface area contributed by atoms with Gasteiger partial charge in [0.2, 0.25) is 0 Å². The molecule has 0 radical (unpaired) electrons. The van der Waals surface area contributed by atoms with Crippen molar-refractivity contribution in [2.75, 3.05) is 0 Å². The molecule has 0 aromatic carbocycles. The van der Waals surface area contributed by atoms with Gasteiger partial charge in [-0.15, -0.1) is 22.7 Å². The van der Waals surface area contributed by atoms with Crippen LogP contribution in [-0.4, -0.2) is 4.57 Å². The highest BCUT2D eigenvalue weighted by Crippen LogP contribution is 2.38. The van der Waals surface area contributed by atoms with E-state index in [0.29, 0.717) is 0 Å². The normalized spacial score (nSPS) is 11.3. The van der Waals surface area contributed by atoms with Gasteiger partial charge < -0.3 is 4.57 Å². The molecule has 0 N–H and O–H groups in total. The predicted octanol–water partition coefficient (Wildman–Crippen LogP) is 8.05. The maximum Gasteiger partial charge on any atom is 0.0705 e. The smallest absolute Gasteiger partial charge is 0.0705 e. The van der Waals surface area contributed by atoms with Crippen molar-refractivity contribution in [1.29, 1.82) is 0 Å². The second-order valence-electron chi connectivity index (χ2n) is 5.52. The molecule has 0 saturated carbocycles. The minimum absolute atomic E-state index is 1.09. The third kappa shape index (κ3) is 4.19. The van der Waals surface area contributed by atoms with Crippen molar-refractivity contribution in [3.05, 3.63) is 44.0 Å². The van der Waals surface area contributed by atoms with Gasteiger partial charge in [0.25, 0.3) is 0 Å². The van der Waals surface area contributed by atoms with E-state index in [0.717, 1.165) is 6.54 Å². The first-order valence-corrected chi connectivity index (χ1v) is 11.1. The van der Waals surface area contributed by atoms with Crippen LogP contribution in [0, 0.1) is 0 Å². The van der Waals surface area contributed by atoms with E-state index in [1.54, 1.807) is 22.7 Å². The maximum atomic E-state index is 3.59. The highest BCUT2D eigenvalue weighted by molar-refractivity contribution is 9.11. The van der Waals surface area contributed by atoms with Crippen LogP contribution < -0.4 is 0 Å². The van der Waals surface area contributed by atoms with E-state index in [-0.39, 0.29) is 0 Å². The lowest BCUT2D eigenvalue weighted by atomic mass is 10.2. The summed E-state index contributed by atoms with van der Waals surface area (Å²) in [4.78, 5) is 2.66. The van der Waals surface area contributed by atoms with Gasteiger partial charge in [0.05, 0.1) is 28.7 Å². The lowest BCUT2D eigenvalue weighted by Crippen LogP contribution is -2.01. The number of unbranched alkanes of at least 4 members (excludes halogenated alkanes) is 3. The number of nitrogens with zero attached hydrogens (tertiary/aromatic N) is 1. The summed E-state index contributed by atoms with van der Waals surface area (Å²) in [5.74, 6) is 0. The van der Waals surface area contributed by atoms with Gasteiger partial charge in [0.1, 0.15) is 0 Å².